The summed E-state index contributed by atoms with van der Waals surface area (Å²) < 4.78 is 44.0. The predicted octanol–water partition coefficient (Wildman–Crippen LogP) is 3.82. The number of H-pyrrole nitrogens is 1. The van der Waals surface area contributed by atoms with Crippen molar-refractivity contribution in [3.63, 3.8) is 0 Å². The molecule has 2 heterocycles. The van der Waals surface area contributed by atoms with Gasteiger partial charge < -0.3 is 9.72 Å². The summed E-state index contributed by atoms with van der Waals surface area (Å²) in [6.45, 7) is 0. The molecule has 2 aromatic heterocycles. The standard InChI is InChI=1S/C12H6ClF3N4O/c13-11-19-9-8(17-5-18-9)10(20-11)21-7-4-2-1-3-6(7)12(14,15)16/h1-5H,(H,17,18,19,20). The number of aromatic nitrogens is 4. The van der Waals surface area contributed by atoms with Crippen LogP contribution in [0.25, 0.3) is 11.2 Å². The van der Waals surface area contributed by atoms with Crippen LogP contribution in [0.2, 0.25) is 5.28 Å². The molecule has 3 rings (SSSR count). The molecule has 0 unspecified atom stereocenters. The molecule has 0 atom stereocenters. The van der Waals surface area contributed by atoms with Crippen LogP contribution in [0.4, 0.5) is 13.2 Å². The van der Waals surface area contributed by atoms with Gasteiger partial charge in [-0.05, 0) is 23.7 Å². The predicted molar refractivity (Wildman–Crippen MR) is 68.2 cm³/mol. The van der Waals surface area contributed by atoms with Gasteiger partial charge >= 0.3 is 6.18 Å². The van der Waals surface area contributed by atoms with Crippen LogP contribution < -0.4 is 4.74 Å². The van der Waals surface area contributed by atoms with E-state index >= 15 is 0 Å². The van der Waals surface area contributed by atoms with Crippen LogP contribution >= 0.6 is 11.6 Å². The van der Waals surface area contributed by atoms with Crippen LogP contribution in [0.5, 0.6) is 11.6 Å². The second-order valence-corrected chi connectivity index (χ2v) is 4.33. The highest BCUT2D eigenvalue weighted by molar-refractivity contribution is 6.28. The maximum atomic E-state index is 12.9. The van der Waals surface area contributed by atoms with E-state index in [0.717, 1.165) is 6.07 Å². The third-order valence-electron chi connectivity index (χ3n) is 2.62. The van der Waals surface area contributed by atoms with E-state index in [-0.39, 0.29) is 28.1 Å². The maximum absolute atomic E-state index is 12.9. The number of nitrogens with zero attached hydrogens (tertiary/aromatic N) is 3. The van der Waals surface area contributed by atoms with Crippen molar-refractivity contribution in [3.8, 4) is 11.6 Å². The van der Waals surface area contributed by atoms with Gasteiger partial charge in [-0.25, -0.2) is 4.98 Å². The van der Waals surface area contributed by atoms with Gasteiger partial charge in [0.2, 0.25) is 11.2 Å². The van der Waals surface area contributed by atoms with E-state index in [9.17, 15) is 13.2 Å². The summed E-state index contributed by atoms with van der Waals surface area (Å²) in [6, 6.07) is 4.81. The summed E-state index contributed by atoms with van der Waals surface area (Å²) in [7, 11) is 0. The first-order valence-corrected chi connectivity index (χ1v) is 6.03. The minimum atomic E-state index is -4.54. The highest BCUT2D eigenvalue weighted by atomic mass is 35.5. The minimum absolute atomic E-state index is 0.126. The molecule has 0 radical (unpaired) electrons. The average molecular weight is 315 g/mol. The van der Waals surface area contributed by atoms with Crippen molar-refractivity contribution >= 4 is 22.8 Å². The highest BCUT2D eigenvalue weighted by Crippen LogP contribution is 2.38. The SMILES string of the molecule is FC(F)(F)c1ccccc1Oc1nc(Cl)nc2nc[nH]c12. The number of aromatic amines is 1. The van der Waals surface area contributed by atoms with Gasteiger partial charge in [0.15, 0.2) is 5.65 Å². The van der Waals surface area contributed by atoms with Crippen LogP contribution in [-0.2, 0) is 6.18 Å². The lowest BCUT2D eigenvalue weighted by Gasteiger charge is -2.13. The molecule has 1 aromatic carbocycles. The zero-order valence-corrected chi connectivity index (χ0v) is 10.9. The molecule has 0 spiro atoms. The molecule has 0 saturated heterocycles. The van der Waals surface area contributed by atoms with Crippen LogP contribution in [0.1, 0.15) is 5.56 Å². The summed E-state index contributed by atoms with van der Waals surface area (Å²) in [5.41, 5.74) is -0.446. The van der Waals surface area contributed by atoms with E-state index in [1.807, 2.05) is 0 Å². The van der Waals surface area contributed by atoms with Gasteiger partial charge in [0.1, 0.15) is 11.3 Å². The number of ether oxygens (including phenoxy) is 1. The van der Waals surface area contributed by atoms with E-state index in [1.165, 1.54) is 24.5 Å². The van der Waals surface area contributed by atoms with Gasteiger partial charge in [-0.1, -0.05) is 12.1 Å². The first-order chi connectivity index (χ1) is 9.95. The van der Waals surface area contributed by atoms with Gasteiger partial charge in [-0.15, -0.1) is 0 Å². The zero-order valence-electron chi connectivity index (χ0n) is 10.1. The van der Waals surface area contributed by atoms with Crippen LogP contribution in [0.15, 0.2) is 30.6 Å². The molecule has 108 valence electrons. The molecule has 0 saturated carbocycles. The Morgan fingerprint density at radius 3 is 2.67 bits per heavy atom. The van der Waals surface area contributed by atoms with Crippen LogP contribution in [0.3, 0.4) is 0 Å². The third kappa shape index (κ3) is 2.62. The molecule has 21 heavy (non-hydrogen) atoms. The number of rotatable bonds is 2. The fraction of sp³-hybridized carbons (Fsp3) is 0.0833. The lowest BCUT2D eigenvalue weighted by atomic mass is 10.2. The molecular weight excluding hydrogens is 309 g/mol. The van der Waals surface area contributed by atoms with Crippen molar-refractivity contribution in [2.75, 3.05) is 0 Å². The van der Waals surface area contributed by atoms with Gasteiger partial charge in [-0.3, -0.25) is 0 Å². The smallest absolute Gasteiger partial charge is 0.419 e. The fourth-order valence-electron chi connectivity index (χ4n) is 1.75. The number of fused-ring (bicyclic) bond motifs is 1. The van der Waals surface area contributed by atoms with Crippen molar-refractivity contribution in [3.05, 3.63) is 41.4 Å². The minimum Gasteiger partial charge on any atom is -0.436 e. The summed E-state index contributed by atoms with van der Waals surface area (Å²) >= 11 is 5.70. The summed E-state index contributed by atoms with van der Waals surface area (Å²) in [6.07, 6.45) is -3.22. The number of benzene rings is 1. The number of nitrogens with one attached hydrogen (secondary N) is 1. The topological polar surface area (TPSA) is 63.7 Å². The first-order valence-electron chi connectivity index (χ1n) is 5.66. The monoisotopic (exact) mass is 314 g/mol. The molecule has 0 aliphatic rings. The molecule has 0 aliphatic heterocycles. The number of hydrogen-bond donors (Lipinski definition) is 1. The molecule has 0 bridgehead atoms. The van der Waals surface area contributed by atoms with E-state index in [1.54, 1.807) is 0 Å². The Hall–Kier alpha value is -2.35. The third-order valence-corrected chi connectivity index (χ3v) is 2.79. The maximum Gasteiger partial charge on any atom is 0.419 e. The van der Waals surface area contributed by atoms with Crippen molar-refractivity contribution in [2.45, 2.75) is 6.18 Å². The van der Waals surface area contributed by atoms with Crippen LogP contribution in [-0.4, -0.2) is 19.9 Å². The lowest BCUT2D eigenvalue weighted by Crippen LogP contribution is -2.07. The van der Waals surface area contributed by atoms with E-state index in [2.05, 4.69) is 19.9 Å². The van der Waals surface area contributed by atoms with Gasteiger partial charge in [0.05, 0.1) is 11.9 Å². The van der Waals surface area contributed by atoms with Gasteiger partial charge in [-0.2, -0.15) is 23.1 Å². The van der Waals surface area contributed by atoms with Gasteiger partial charge in [0.25, 0.3) is 0 Å². The number of hydrogen-bond acceptors (Lipinski definition) is 4. The summed E-state index contributed by atoms with van der Waals surface area (Å²) in [5, 5.41) is -0.172. The zero-order chi connectivity index (χ0) is 15.0. The van der Waals surface area contributed by atoms with E-state index in [4.69, 9.17) is 16.3 Å². The van der Waals surface area contributed by atoms with Crippen molar-refractivity contribution in [2.24, 2.45) is 0 Å². The van der Waals surface area contributed by atoms with Crippen molar-refractivity contribution in [1.29, 1.82) is 0 Å². The molecular formula is C12H6ClF3N4O. The summed E-state index contributed by atoms with van der Waals surface area (Å²) in [5.74, 6) is -0.505. The number of para-hydroxylation sites is 1. The quantitative estimate of drug-likeness (QED) is 0.730. The molecule has 1 N–H and O–H groups in total. The lowest BCUT2D eigenvalue weighted by molar-refractivity contribution is -0.138. The Balaban J connectivity index is 2.09. The Kier molecular flexibility index (Phi) is 3.17. The second-order valence-electron chi connectivity index (χ2n) is 3.99. The van der Waals surface area contributed by atoms with Gasteiger partial charge in [0, 0.05) is 0 Å². The fourth-order valence-corrected chi connectivity index (χ4v) is 1.91. The van der Waals surface area contributed by atoms with Crippen molar-refractivity contribution in [1.82, 2.24) is 19.9 Å². The largest absolute Gasteiger partial charge is 0.436 e. The Bertz CT molecular complexity index is 803. The highest BCUT2D eigenvalue weighted by Gasteiger charge is 2.34. The molecule has 0 fully saturated rings. The van der Waals surface area contributed by atoms with Crippen molar-refractivity contribution < 1.29 is 17.9 Å². The van der Waals surface area contributed by atoms with E-state index < -0.39 is 11.7 Å². The number of imidazole rings is 1. The number of halogens is 4. The Morgan fingerprint density at radius 2 is 1.90 bits per heavy atom. The average Bonchev–Trinajstić information content (AvgIpc) is 2.86. The molecule has 5 nitrogen and oxygen atoms in total. The number of alkyl halides is 3. The van der Waals surface area contributed by atoms with E-state index in [0.29, 0.717) is 0 Å². The Morgan fingerprint density at radius 1 is 1.14 bits per heavy atom. The first kappa shape index (κ1) is 13.6. The molecule has 9 heteroatoms. The molecule has 0 aliphatic carbocycles. The molecule has 0 amide bonds. The molecule has 3 aromatic rings. The second kappa shape index (κ2) is 4.88. The normalized spacial score (nSPS) is 11.8. The van der Waals surface area contributed by atoms with Crippen LogP contribution in [0, 0.1) is 0 Å². The summed E-state index contributed by atoms with van der Waals surface area (Å²) in [4.78, 5) is 14.2. The Labute approximate surface area is 120 Å².